The van der Waals surface area contributed by atoms with Crippen molar-refractivity contribution in [3.05, 3.63) is 71.8 Å². The summed E-state index contributed by atoms with van der Waals surface area (Å²) in [4.78, 5) is 48.5. The Morgan fingerprint density at radius 3 is 1.16 bits per heavy atom. The van der Waals surface area contributed by atoms with Crippen molar-refractivity contribution in [1.82, 2.24) is 10.6 Å². The van der Waals surface area contributed by atoms with Gasteiger partial charge in [0.1, 0.15) is 11.6 Å². The van der Waals surface area contributed by atoms with Crippen LogP contribution in [0.25, 0.3) is 33.7 Å². The zero-order valence-corrected chi connectivity index (χ0v) is 23.0. The van der Waals surface area contributed by atoms with Crippen molar-refractivity contribution < 1.29 is 19.2 Å². The van der Waals surface area contributed by atoms with Gasteiger partial charge in [0.15, 0.2) is 0 Å². The minimum atomic E-state index is -0.647. The molecule has 0 spiro atoms. The molecule has 198 valence electrons. The van der Waals surface area contributed by atoms with Gasteiger partial charge in [0, 0.05) is 36.1 Å². The van der Waals surface area contributed by atoms with E-state index in [4.69, 9.17) is 0 Å². The molecular weight excluding hydrogens is 476 g/mol. The van der Waals surface area contributed by atoms with Crippen LogP contribution in [0, 0.1) is 0 Å². The molecule has 0 bridgehead atoms. The summed E-state index contributed by atoms with van der Waals surface area (Å²) in [5.41, 5.74) is 0.483. The van der Waals surface area contributed by atoms with E-state index in [1.54, 1.807) is 12.2 Å². The van der Waals surface area contributed by atoms with E-state index in [-0.39, 0.29) is 36.2 Å². The maximum absolute atomic E-state index is 12.7. The fourth-order valence-corrected chi connectivity index (χ4v) is 4.96. The number of rotatable bonds is 10. The smallest absolute Gasteiger partial charge is 0.244 e. The third kappa shape index (κ3) is 7.48. The van der Waals surface area contributed by atoms with Gasteiger partial charge in [-0.1, -0.05) is 48.5 Å². The first kappa shape index (κ1) is 28.5. The predicted octanol–water partition coefficient (Wildman–Crippen LogP) is 5.77. The first-order valence-corrected chi connectivity index (χ1v) is 12.7. The Morgan fingerprint density at radius 1 is 0.605 bits per heavy atom. The van der Waals surface area contributed by atoms with Gasteiger partial charge >= 0.3 is 0 Å². The third-order valence-corrected chi connectivity index (χ3v) is 6.12. The number of benzene rings is 3. The van der Waals surface area contributed by atoms with E-state index in [2.05, 4.69) is 10.6 Å². The number of Topliss-reactive ketones (excluding diaryl/α,β-unsaturated/α-hetero) is 2. The van der Waals surface area contributed by atoms with E-state index in [1.165, 1.54) is 26.0 Å². The number of hydrogen-bond acceptors (Lipinski definition) is 4. The Labute approximate surface area is 224 Å². The quantitative estimate of drug-likeness (QED) is 0.267. The van der Waals surface area contributed by atoms with Gasteiger partial charge in [0.05, 0.1) is 0 Å². The van der Waals surface area contributed by atoms with Crippen LogP contribution in [0.15, 0.2) is 60.7 Å². The van der Waals surface area contributed by atoms with Gasteiger partial charge in [-0.2, -0.15) is 0 Å². The van der Waals surface area contributed by atoms with Crippen LogP contribution in [0.3, 0.4) is 0 Å². The molecule has 6 heteroatoms. The van der Waals surface area contributed by atoms with Crippen LogP contribution < -0.4 is 10.6 Å². The van der Waals surface area contributed by atoms with Gasteiger partial charge in [-0.25, -0.2) is 0 Å². The zero-order chi connectivity index (χ0) is 28.1. The van der Waals surface area contributed by atoms with Crippen molar-refractivity contribution in [3.8, 4) is 0 Å². The minimum Gasteiger partial charge on any atom is -0.347 e. The molecule has 0 saturated carbocycles. The fourth-order valence-electron chi connectivity index (χ4n) is 4.96. The standard InChI is InChI=1S/C32H36N2O4/c1-21(35)19-31(3,4)33-29(37)17-15-27-23-11-7-9-13-25(23)28(26-14-10-8-12-24(26)27)16-18-30(38)34-32(5,6)20-22(2)36/h7-18H,19-20H2,1-6H3,(H,33,37)(H,34,38)/b17-15+,18-16+. The molecule has 38 heavy (non-hydrogen) atoms. The summed E-state index contributed by atoms with van der Waals surface area (Å²) in [5.74, 6) is -0.538. The number of ketones is 2. The Kier molecular flexibility index (Phi) is 8.67. The molecule has 3 aromatic carbocycles. The second kappa shape index (κ2) is 11.5. The molecule has 0 aromatic heterocycles. The van der Waals surface area contributed by atoms with Crippen molar-refractivity contribution in [1.29, 1.82) is 0 Å². The van der Waals surface area contributed by atoms with Crippen LogP contribution in [0.2, 0.25) is 0 Å². The molecule has 0 fully saturated rings. The van der Waals surface area contributed by atoms with Crippen molar-refractivity contribution in [3.63, 3.8) is 0 Å². The van der Waals surface area contributed by atoms with Crippen LogP contribution in [0.4, 0.5) is 0 Å². The topological polar surface area (TPSA) is 92.3 Å². The van der Waals surface area contributed by atoms with E-state index in [1.807, 2.05) is 76.2 Å². The number of hydrogen-bond donors (Lipinski definition) is 2. The molecule has 0 saturated heterocycles. The highest BCUT2D eigenvalue weighted by atomic mass is 16.2. The molecule has 3 rings (SSSR count). The number of carbonyl (C=O) groups excluding carboxylic acids is 4. The molecule has 0 aliphatic heterocycles. The van der Waals surface area contributed by atoms with Crippen LogP contribution in [0.5, 0.6) is 0 Å². The SMILES string of the molecule is CC(=O)CC(C)(C)NC(=O)/C=C/c1c2ccccc2c(/C=C/C(=O)NC(C)(C)CC(C)=O)c2ccccc12. The molecule has 2 amide bonds. The fraction of sp³-hybridized carbons (Fsp3) is 0.312. The first-order chi connectivity index (χ1) is 17.8. The molecule has 0 aliphatic rings. The van der Waals surface area contributed by atoms with Crippen molar-refractivity contribution in [2.24, 2.45) is 0 Å². The maximum Gasteiger partial charge on any atom is 0.244 e. The molecule has 2 N–H and O–H groups in total. The highest BCUT2D eigenvalue weighted by Gasteiger charge is 2.22. The van der Waals surface area contributed by atoms with Gasteiger partial charge < -0.3 is 10.6 Å². The van der Waals surface area contributed by atoms with Gasteiger partial charge in [-0.05, 0) is 86.4 Å². The maximum atomic E-state index is 12.7. The monoisotopic (exact) mass is 512 g/mol. The van der Waals surface area contributed by atoms with Crippen LogP contribution in [-0.2, 0) is 19.2 Å². The lowest BCUT2D eigenvalue weighted by Gasteiger charge is -2.24. The molecule has 0 unspecified atom stereocenters. The van der Waals surface area contributed by atoms with Gasteiger partial charge in [-0.3, -0.25) is 19.2 Å². The number of fused-ring (bicyclic) bond motifs is 2. The normalized spacial score (nSPS) is 12.4. The first-order valence-electron chi connectivity index (χ1n) is 12.7. The Balaban J connectivity index is 2.02. The van der Waals surface area contributed by atoms with E-state index in [9.17, 15) is 19.2 Å². The molecular formula is C32H36N2O4. The molecule has 0 atom stereocenters. The van der Waals surface area contributed by atoms with Crippen LogP contribution in [-0.4, -0.2) is 34.5 Å². The average molecular weight is 513 g/mol. The van der Waals surface area contributed by atoms with Crippen molar-refractivity contribution in [2.75, 3.05) is 0 Å². The highest BCUT2D eigenvalue weighted by Crippen LogP contribution is 2.34. The molecule has 6 nitrogen and oxygen atoms in total. The van der Waals surface area contributed by atoms with E-state index < -0.39 is 11.1 Å². The summed E-state index contributed by atoms with van der Waals surface area (Å²) in [7, 11) is 0. The number of amides is 2. The Morgan fingerprint density at radius 2 is 0.895 bits per heavy atom. The Hall–Kier alpha value is -4.06. The molecule has 0 heterocycles. The number of carbonyl (C=O) groups is 4. The molecule has 0 aliphatic carbocycles. The lowest BCUT2D eigenvalue weighted by atomic mass is 9.91. The summed E-state index contributed by atoms with van der Waals surface area (Å²) in [6.07, 6.45) is 7.09. The summed E-state index contributed by atoms with van der Waals surface area (Å²) in [6.45, 7) is 10.3. The van der Waals surface area contributed by atoms with Crippen LogP contribution >= 0.6 is 0 Å². The molecule has 0 radical (unpaired) electrons. The average Bonchev–Trinajstić information content (AvgIpc) is 2.78. The van der Waals surface area contributed by atoms with Crippen molar-refractivity contribution in [2.45, 2.75) is 65.5 Å². The highest BCUT2D eigenvalue weighted by molar-refractivity contribution is 6.14. The second-order valence-electron chi connectivity index (χ2n) is 11.1. The summed E-state index contributed by atoms with van der Waals surface area (Å²) in [5, 5.41) is 9.57. The van der Waals surface area contributed by atoms with Gasteiger partial charge in [0.2, 0.25) is 11.8 Å². The van der Waals surface area contributed by atoms with E-state index in [0.717, 1.165) is 32.7 Å². The lowest BCUT2D eigenvalue weighted by Crippen LogP contribution is -2.43. The largest absolute Gasteiger partial charge is 0.347 e. The van der Waals surface area contributed by atoms with Gasteiger partial charge in [0.25, 0.3) is 0 Å². The second-order valence-corrected chi connectivity index (χ2v) is 11.1. The zero-order valence-electron chi connectivity index (χ0n) is 23.0. The van der Waals surface area contributed by atoms with Crippen LogP contribution in [0.1, 0.15) is 65.5 Å². The van der Waals surface area contributed by atoms with E-state index in [0.29, 0.717) is 0 Å². The predicted molar refractivity (Wildman–Crippen MR) is 155 cm³/mol. The number of nitrogens with one attached hydrogen (secondary N) is 2. The molecule has 3 aromatic rings. The summed E-state index contributed by atoms with van der Waals surface area (Å²) >= 11 is 0. The van der Waals surface area contributed by atoms with Crippen molar-refractivity contribution >= 4 is 57.1 Å². The van der Waals surface area contributed by atoms with E-state index >= 15 is 0 Å². The third-order valence-electron chi connectivity index (χ3n) is 6.12. The Bertz CT molecular complexity index is 1290. The summed E-state index contributed by atoms with van der Waals surface area (Å²) < 4.78 is 0. The summed E-state index contributed by atoms with van der Waals surface area (Å²) in [6, 6.07) is 15.7. The lowest BCUT2D eigenvalue weighted by molar-refractivity contribution is -0.122. The van der Waals surface area contributed by atoms with Gasteiger partial charge in [-0.15, -0.1) is 0 Å². The minimum absolute atomic E-state index is 0.0102.